The first-order chi connectivity index (χ1) is 13.3. The SMILES string of the molecule is Cc1ccc(F)c(S(=O)(=O)Nc2nc(-c3ccc4c(c3)NC(=O)CO4)cs2)c1. The van der Waals surface area contributed by atoms with Gasteiger partial charge in [0.25, 0.3) is 15.9 Å². The van der Waals surface area contributed by atoms with Crippen LogP contribution in [-0.2, 0) is 14.8 Å². The van der Waals surface area contributed by atoms with Crippen LogP contribution in [0.5, 0.6) is 5.75 Å². The third-order valence-corrected chi connectivity index (χ3v) is 6.25. The Morgan fingerprint density at radius 2 is 2.07 bits per heavy atom. The second-order valence-electron chi connectivity index (χ2n) is 6.13. The van der Waals surface area contributed by atoms with E-state index in [1.807, 2.05) is 0 Å². The first kappa shape index (κ1) is 18.4. The second-order valence-corrected chi connectivity index (χ2v) is 8.63. The number of nitrogens with one attached hydrogen (secondary N) is 2. The van der Waals surface area contributed by atoms with Crippen LogP contribution >= 0.6 is 11.3 Å². The minimum Gasteiger partial charge on any atom is -0.482 e. The number of sulfonamides is 1. The summed E-state index contributed by atoms with van der Waals surface area (Å²) in [5.41, 5.74) is 2.33. The van der Waals surface area contributed by atoms with Crippen molar-refractivity contribution in [3.8, 4) is 17.0 Å². The number of halogens is 1. The van der Waals surface area contributed by atoms with E-state index in [0.717, 1.165) is 17.4 Å². The van der Waals surface area contributed by atoms with Crippen LogP contribution in [0.3, 0.4) is 0 Å². The molecular weight excluding hydrogens is 405 g/mol. The topological polar surface area (TPSA) is 97.4 Å². The molecule has 3 aromatic rings. The number of carbonyl (C=O) groups is 1. The van der Waals surface area contributed by atoms with Gasteiger partial charge in [0.1, 0.15) is 16.5 Å². The molecule has 1 aliphatic heterocycles. The van der Waals surface area contributed by atoms with E-state index in [4.69, 9.17) is 4.74 Å². The molecular formula is C18H14FN3O4S2. The van der Waals surface area contributed by atoms with E-state index in [9.17, 15) is 17.6 Å². The van der Waals surface area contributed by atoms with E-state index in [0.29, 0.717) is 28.3 Å². The fraction of sp³-hybridized carbons (Fsp3) is 0.111. The van der Waals surface area contributed by atoms with Gasteiger partial charge in [-0.2, -0.15) is 0 Å². The zero-order valence-corrected chi connectivity index (χ0v) is 16.2. The summed E-state index contributed by atoms with van der Waals surface area (Å²) in [5.74, 6) is -0.536. The third kappa shape index (κ3) is 3.56. The van der Waals surface area contributed by atoms with Crippen LogP contribution in [0, 0.1) is 12.7 Å². The van der Waals surface area contributed by atoms with E-state index in [1.165, 1.54) is 12.1 Å². The number of fused-ring (bicyclic) bond motifs is 1. The number of nitrogens with zero attached hydrogens (tertiary/aromatic N) is 1. The lowest BCUT2D eigenvalue weighted by atomic mass is 10.1. The highest BCUT2D eigenvalue weighted by atomic mass is 32.2. The van der Waals surface area contributed by atoms with Crippen LogP contribution in [0.4, 0.5) is 15.2 Å². The van der Waals surface area contributed by atoms with Crippen molar-refractivity contribution in [3.05, 3.63) is 53.2 Å². The van der Waals surface area contributed by atoms with Gasteiger partial charge in [-0.05, 0) is 42.8 Å². The van der Waals surface area contributed by atoms with Crippen LogP contribution in [0.25, 0.3) is 11.3 Å². The molecule has 10 heteroatoms. The Labute approximate surface area is 164 Å². The van der Waals surface area contributed by atoms with Gasteiger partial charge in [0, 0.05) is 10.9 Å². The number of hydrogen-bond acceptors (Lipinski definition) is 6. The van der Waals surface area contributed by atoms with E-state index in [2.05, 4.69) is 15.0 Å². The molecule has 0 bridgehead atoms. The van der Waals surface area contributed by atoms with Gasteiger partial charge in [-0.3, -0.25) is 9.52 Å². The highest BCUT2D eigenvalue weighted by molar-refractivity contribution is 7.93. The van der Waals surface area contributed by atoms with Crippen LogP contribution in [0.15, 0.2) is 46.7 Å². The maximum absolute atomic E-state index is 13.9. The molecule has 0 spiro atoms. The Balaban J connectivity index is 1.61. The van der Waals surface area contributed by atoms with Crippen molar-refractivity contribution in [2.24, 2.45) is 0 Å². The molecule has 0 fully saturated rings. The number of aromatic nitrogens is 1. The first-order valence-corrected chi connectivity index (χ1v) is 10.5. The fourth-order valence-electron chi connectivity index (χ4n) is 2.68. The van der Waals surface area contributed by atoms with E-state index < -0.39 is 20.7 Å². The minimum absolute atomic E-state index is 0.0372. The van der Waals surface area contributed by atoms with Gasteiger partial charge in [-0.15, -0.1) is 11.3 Å². The summed E-state index contributed by atoms with van der Waals surface area (Å²) in [6, 6.07) is 9.02. The summed E-state index contributed by atoms with van der Waals surface area (Å²) in [6.07, 6.45) is 0. The number of hydrogen-bond donors (Lipinski definition) is 2. The molecule has 0 saturated carbocycles. The molecule has 0 atom stereocenters. The molecule has 0 saturated heterocycles. The standard InChI is InChI=1S/C18H14FN3O4S2/c1-10-2-4-12(19)16(6-10)28(24,25)22-18-21-14(9-27-18)11-3-5-15-13(7-11)20-17(23)8-26-15/h2-7,9H,8H2,1H3,(H,20,23)(H,21,22). The van der Waals surface area contributed by atoms with Crippen molar-refractivity contribution in [3.63, 3.8) is 0 Å². The van der Waals surface area contributed by atoms with Gasteiger partial charge < -0.3 is 10.1 Å². The van der Waals surface area contributed by atoms with Crippen molar-refractivity contribution in [2.45, 2.75) is 11.8 Å². The largest absolute Gasteiger partial charge is 0.482 e. The van der Waals surface area contributed by atoms with Crippen molar-refractivity contribution in [2.75, 3.05) is 16.6 Å². The number of rotatable bonds is 4. The Bertz CT molecular complexity index is 1190. The predicted molar refractivity (Wildman–Crippen MR) is 104 cm³/mol. The van der Waals surface area contributed by atoms with Gasteiger partial charge in [0.05, 0.1) is 11.4 Å². The summed E-state index contributed by atoms with van der Waals surface area (Å²) >= 11 is 1.07. The molecule has 7 nitrogen and oxygen atoms in total. The van der Waals surface area contributed by atoms with Gasteiger partial charge in [-0.1, -0.05) is 6.07 Å². The van der Waals surface area contributed by atoms with Crippen LogP contribution in [0.2, 0.25) is 0 Å². The Morgan fingerprint density at radius 1 is 1.25 bits per heavy atom. The van der Waals surface area contributed by atoms with E-state index in [1.54, 1.807) is 30.5 Å². The number of ether oxygens (including phenoxy) is 1. The highest BCUT2D eigenvalue weighted by Crippen LogP contribution is 2.34. The van der Waals surface area contributed by atoms with Gasteiger partial charge in [-0.25, -0.2) is 17.8 Å². The summed E-state index contributed by atoms with van der Waals surface area (Å²) in [6.45, 7) is 1.64. The first-order valence-electron chi connectivity index (χ1n) is 8.13. The molecule has 2 N–H and O–H groups in total. The number of carbonyl (C=O) groups excluding carboxylic acids is 1. The van der Waals surface area contributed by atoms with Crippen LogP contribution in [-0.4, -0.2) is 25.9 Å². The Morgan fingerprint density at radius 3 is 2.89 bits per heavy atom. The molecule has 1 aliphatic rings. The quantitative estimate of drug-likeness (QED) is 0.676. The summed E-state index contributed by atoms with van der Waals surface area (Å²) in [7, 11) is -4.11. The number of amides is 1. The monoisotopic (exact) mass is 419 g/mol. The van der Waals surface area contributed by atoms with Crippen molar-refractivity contribution in [1.82, 2.24) is 4.98 Å². The molecule has 4 rings (SSSR count). The molecule has 1 amide bonds. The highest BCUT2D eigenvalue weighted by Gasteiger charge is 2.22. The molecule has 28 heavy (non-hydrogen) atoms. The average Bonchev–Trinajstić information content (AvgIpc) is 3.10. The molecule has 0 aliphatic carbocycles. The molecule has 0 radical (unpaired) electrons. The van der Waals surface area contributed by atoms with Crippen molar-refractivity contribution in [1.29, 1.82) is 0 Å². The van der Waals surface area contributed by atoms with Gasteiger partial charge in [0.15, 0.2) is 11.7 Å². The average molecular weight is 419 g/mol. The zero-order valence-electron chi connectivity index (χ0n) is 14.5. The normalized spacial score (nSPS) is 13.4. The maximum atomic E-state index is 13.9. The third-order valence-electron chi connectivity index (χ3n) is 4.01. The zero-order chi connectivity index (χ0) is 19.9. The number of benzene rings is 2. The fourth-order valence-corrected chi connectivity index (χ4v) is 4.82. The van der Waals surface area contributed by atoms with Crippen molar-refractivity contribution < 1.29 is 22.3 Å². The molecule has 1 aromatic heterocycles. The Hall–Kier alpha value is -2.98. The van der Waals surface area contributed by atoms with Gasteiger partial charge >= 0.3 is 0 Å². The molecule has 0 unspecified atom stereocenters. The smallest absolute Gasteiger partial charge is 0.266 e. The molecule has 2 aromatic carbocycles. The summed E-state index contributed by atoms with van der Waals surface area (Å²) < 4.78 is 46.6. The molecule has 2 heterocycles. The predicted octanol–water partition coefficient (Wildman–Crippen LogP) is 3.39. The lowest BCUT2D eigenvalue weighted by Gasteiger charge is -2.18. The Kier molecular flexibility index (Phi) is 4.52. The minimum atomic E-state index is -4.11. The number of anilines is 2. The lowest BCUT2D eigenvalue weighted by molar-refractivity contribution is -0.118. The van der Waals surface area contributed by atoms with Crippen molar-refractivity contribution >= 4 is 38.1 Å². The van der Waals surface area contributed by atoms with E-state index >= 15 is 0 Å². The summed E-state index contributed by atoms with van der Waals surface area (Å²) in [5, 5.41) is 4.48. The van der Waals surface area contributed by atoms with Crippen LogP contribution < -0.4 is 14.8 Å². The molecule has 144 valence electrons. The van der Waals surface area contributed by atoms with E-state index in [-0.39, 0.29) is 17.6 Å². The summed E-state index contributed by atoms with van der Waals surface area (Å²) in [4.78, 5) is 15.3. The second kappa shape index (κ2) is 6.88. The van der Waals surface area contributed by atoms with Gasteiger partial charge in [0.2, 0.25) is 0 Å². The van der Waals surface area contributed by atoms with Crippen LogP contribution in [0.1, 0.15) is 5.56 Å². The lowest BCUT2D eigenvalue weighted by Crippen LogP contribution is -2.25. The maximum Gasteiger partial charge on any atom is 0.266 e. The number of aryl methyl sites for hydroxylation is 1. The number of thiazole rings is 1.